The minimum Gasteiger partial charge on any atom is -0.381 e. The van der Waals surface area contributed by atoms with Crippen LogP contribution in [0.3, 0.4) is 0 Å². The molecule has 0 bridgehead atoms. The minimum atomic E-state index is -3.17. The molecule has 1 atom stereocenters. The molecule has 1 unspecified atom stereocenters. The average molecular weight is 442 g/mol. The van der Waals surface area contributed by atoms with Crippen LogP contribution in [-0.4, -0.2) is 103 Å². The van der Waals surface area contributed by atoms with Crippen molar-refractivity contribution >= 4 is 15.9 Å². The Morgan fingerprint density at radius 2 is 1.97 bits per heavy atom. The van der Waals surface area contributed by atoms with Gasteiger partial charge in [-0.2, -0.15) is 5.10 Å². The first-order chi connectivity index (χ1) is 14.2. The summed E-state index contributed by atoms with van der Waals surface area (Å²) in [6, 6.07) is 0.567. The molecule has 10 heteroatoms. The van der Waals surface area contributed by atoms with Gasteiger partial charge in [0, 0.05) is 77.7 Å². The van der Waals surface area contributed by atoms with E-state index in [0.29, 0.717) is 38.6 Å². The van der Waals surface area contributed by atoms with Gasteiger partial charge in [-0.25, -0.2) is 12.7 Å². The maximum atomic E-state index is 12.6. The number of aromatic nitrogens is 2. The first kappa shape index (κ1) is 23.2. The van der Waals surface area contributed by atoms with E-state index < -0.39 is 10.0 Å². The predicted molar refractivity (Wildman–Crippen MR) is 115 cm³/mol. The molecule has 0 saturated carbocycles. The van der Waals surface area contributed by atoms with Gasteiger partial charge in [0.15, 0.2) is 0 Å². The van der Waals surface area contributed by atoms with Gasteiger partial charge in [-0.3, -0.25) is 14.4 Å². The summed E-state index contributed by atoms with van der Waals surface area (Å²) >= 11 is 0. The Balaban J connectivity index is 1.55. The fourth-order valence-corrected chi connectivity index (χ4v) is 5.22. The first-order valence-corrected chi connectivity index (χ1v) is 12.6. The molecule has 3 rings (SSSR count). The van der Waals surface area contributed by atoms with Gasteiger partial charge in [-0.05, 0) is 31.7 Å². The fraction of sp³-hybridized carbons (Fsp3) is 0.800. The fourth-order valence-electron chi connectivity index (χ4n) is 4.34. The van der Waals surface area contributed by atoms with Crippen LogP contribution in [0.15, 0.2) is 12.4 Å². The first-order valence-electron chi connectivity index (χ1n) is 10.8. The number of carbonyl (C=O) groups excluding carboxylic acids is 1. The van der Waals surface area contributed by atoms with Gasteiger partial charge in [-0.15, -0.1) is 0 Å². The molecule has 0 spiro atoms. The number of aryl methyl sites for hydroxylation is 2. The molecule has 1 aromatic rings. The zero-order valence-electron chi connectivity index (χ0n) is 18.4. The summed E-state index contributed by atoms with van der Waals surface area (Å²) in [5.41, 5.74) is 1.09. The smallest absolute Gasteiger partial charge is 0.224 e. The van der Waals surface area contributed by atoms with Gasteiger partial charge < -0.3 is 9.64 Å². The Morgan fingerprint density at radius 3 is 2.57 bits per heavy atom. The second-order valence-corrected chi connectivity index (χ2v) is 10.5. The van der Waals surface area contributed by atoms with E-state index >= 15 is 0 Å². The molecule has 0 aromatic carbocycles. The number of hydrogen-bond donors (Lipinski definition) is 0. The highest BCUT2D eigenvalue weighted by Crippen LogP contribution is 2.24. The zero-order valence-corrected chi connectivity index (χ0v) is 19.2. The van der Waals surface area contributed by atoms with E-state index in [-0.39, 0.29) is 11.9 Å². The lowest BCUT2D eigenvalue weighted by Crippen LogP contribution is -2.50. The van der Waals surface area contributed by atoms with Crippen LogP contribution in [0.5, 0.6) is 0 Å². The number of carbonyl (C=O) groups is 1. The molecule has 1 aromatic heterocycles. The van der Waals surface area contributed by atoms with Crippen molar-refractivity contribution < 1.29 is 17.9 Å². The number of sulfonamides is 1. The summed E-state index contributed by atoms with van der Waals surface area (Å²) < 4.78 is 32.8. The van der Waals surface area contributed by atoms with Gasteiger partial charge in [-0.1, -0.05) is 0 Å². The van der Waals surface area contributed by atoms with Crippen LogP contribution in [0.1, 0.15) is 31.2 Å². The third-order valence-corrected chi connectivity index (χ3v) is 7.43. The van der Waals surface area contributed by atoms with Crippen LogP contribution in [-0.2, 0) is 26.1 Å². The van der Waals surface area contributed by atoms with Crippen LogP contribution >= 0.6 is 0 Å². The molecule has 2 aliphatic heterocycles. The monoisotopic (exact) mass is 441 g/mol. The quantitative estimate of drug-likeness (QED) is 0.556. The summed E-state index contributed by atoms with van der Waals surface area (Å²) in [7, 11) is -1.32. The summed E-state index contributed by atoms with van der Waals surface area (Å²) in [6.07, 6.45) is 8.16. The van der Waals surface area contributed by atoms with Crippen molar-refractivity contribution in [3.63, 3.8) is 0 Å². The van der Waals surface area contributed by atoms with Crippen molar-refractivity contribution in [3.8, 4) is 0 Å². The molecule has 0 N–H and O–H groups in total. The number of likely N-dealkylation sites (N-methyl/N-ethyl adjacent to an activating group) is 1. The van der Waals surface area contributed by atoms with Gasteiger partial charge in [0.2, 0.25) is 15.9 Å². The normalized spacial score (nSPS) is 21.4. The van der Waals surface area contributed by atoms with Crippen molar-refractivity contribution in [1.29, 1.82) is 0 Å². The molecule has 2 saturated heterocycles. The summed E-state index contributed by atoms with van der Waals surface area (Å²) in [5, 5.41) is 4.23. The highest BCUT2D eigenvalue weighted by Gasteiger charge is 2.35. The van der Waals surface area contributed by atoms with Crippen molar-refractivity contribution in [3.05, 3.63) is 18.0 Å². The zero-order chi connectivity index (χ0) is 21.7. The Labute approximate surface area is 180 Å². The Hall–Kier alpha value is -1.49. The second kappa shape index (κ2) is 10.2. The van der Waals surface area contributed by atoms with E-state index in [4.69, 9.17) is 4.74 Å². The summed E-state index contributed by atoms with van der Waals surface area (Å²) in [5.74, 6) is 0.0965. The third-order valence-electron chi connectivity index (χ3n) is 6.16. The maximum absolute atomic E-state index is 12.6. The molecule has 9 nitrogen and oxygen atoms in total. The van der Waals surface area contributed by atoms with Crippen molar-refractivity contribution in [2.75, 3.05) is 52.7 Å². The lowest BCUT2D eigenvalue weighted by molar-refractivity contribution is -0.130. The Kier molecular flexibility index (Phi) is 7.89. The second-order valence-electron chi connectivity index (χ2n) is 8.49. The van der Waals surface area contributed by atoms with Gasteiger partial charge >= 0.3 is 0 Å². The largest absolute Gasteiger partial charge is 0.381 e. The van der Waals surface area contributed by atoms with E-state index in [9.17, 15) is 13.2 Å². The van der Waals surface area contributed by atoms with Crippen LogP contribution in [0.4, 0.5) is 0 Å². The molecule has 3 heterocycles. The highest BCUT2D eigenvalue weighted by atomic mass is 32.2. The Bertz CT molecular complexity index is 806. The van der Waals surface area contributed by atoms with Crippen molar-refractivity contribution in [1.82, 2.24) is 23.9 Å². The average Bonchev–Trinajstić information content (AvgIpc) is 3.36. The number of rotatable bonds is 9. The van der Waals surface area contributed by atoms with E-state index in [1.165, 1.54) is 6.26 Å². The number of ether oxygens (including phenoxy) is 1. The summed E-state index contributed by atoms with van der Waals surface area (Å²) in [4.78, 5) is 16.8. The number of hydrogen-bond acceptors (Lipinski definition) is 6. The maximum Gasteiger partial charge on any atom is 0.224 e. The van der Waals surface area contributed by atoms with E-state index in [1.54, 1.807) is 20.1 Å². The molecule has 2 fully saturated rings. The molecule has 2 aliphatic rings. The Morgan fingerprint density at radius 1 is 1.23 bits per heavy atom. The van der Waals surface area contributed by atoms with Crippen LogP contribution in [0.2, 0.25) is 0 Å². The SMILES string of the molecule is Cc1cnn(CCC(=O)N(C)CCN(C2CCOCC2)C2CCN(S(C)(=O)=O)C2)c1. The lowest BCUT2D eigenvalue weighted by atomic mass is 10.0. The molecule has 0 aliphatic carbocycles. The van der Waals surface area contributed by atoms with Gasteiger partial charge in [0.25, 0.3) is 0 Å². The number of nitrogens with zero attached hydrogens (tertiary/aromatic N) is 5. The standard InChI is InChI=1S/C20H35N5O4S/c1-17-14-21-23(15-17)8-5-20(26)22(2)10-11-25(18-6-12-29-13-7-18)19-4-9-24(16-19)30(3,27)28/h14-15,18-19H,4-13,16H2,1-3H3. The molecule has 30 heavy (non-hydrogen) atoms. The third kappa shape index (κ3) is 6.26. The van der Waals surface area contributed by atoms with Crippen LogP contribution in [0.25, 0.3) is 0 Å². The summed E-state index contributed by atoms with van der Waals surface area (Å²) in [6.45, 7) is 6.51. The molecular weight excluding hydrogens is 406 g/mol. The molecule has 0 radical (unpaired) electrons. The predicted octanol–water partition coefficient (Wildman–Crippen LogP) is 0.555. The number of amides is 1. The topological polar surface area (TPSA) is 88.0 Å². The van der Waals surface area contributed by atoms with E-state index in [2.05, 4.69) is 10.00 Å². The van der Waals surface area contributed by atoms with Crippen LogP contribution < -0.4 is 0 Å². The van der Waals surface area contributed by atoms with Crippen molar-refractivity contribution in [2.45, 2.75) is 51.2 Å². The van der Waals surface area contributed by atoms with Crippen molar-refractivity contribution in [2.24, 2.45) is 0 Å². The molecule has 170 valence electrons. The van der Waals surface area contributed by atoms with Crippen LogP contribution in [0, 0.1) is 6.92 Å². The molecular formula is C20H35N5O4S. The minimum absolute atomic E-state index is 0.0965. The van der Waals surface area contributed by atoms with Gasteiger partial charge in [0.1, 0.15) is 0 Å². The van der Waals surface area contributed by atoms with E-state index in [0.717, 1.165) is 44.6 Å². The van der Waals surface area contributed by atoms with E-state index in [1.807, 2.05) is 20.2 Å². The van der Waals surface area contributed by atoms with Gasteiger partial charge in [0.05, 0.1) is 12.5 Å². The lowest BCUT2D eigenvalue weighted by Gasteiger charge is -2.39. The molecule has 1 amide bonds. The highest BCUT2D eigenvalue weighted by molar-refractivity contribution is 7.88.